The molecule has 3 aromatic rings. The number of aliphatic hydroxyl groups is 2. The Hall–Kier alpha value is -8.26. The second-order valence-electron chi connectivity index (χ2n) is 25.0. The maximum absolute atomic E-state index is 14.4. The number of nitrogens with one attached hydrogen (secondary N) is 7. The van der Waals surface area contributed by atoms with Gasteiger partial charge in [-0.1, -0.05) is 83.2 Å². The average Bonchev–Trinajstić information content (AvgIpc) is 3.84. The molecule has 2 heterocycles. The number of carbonyl (C=O) groups is 11. The zero-order valence-electron chi connectivity index (χ0n) is 51.9. The van der Waals surface area contributed by atoms with Gasteiger partial charge in [0.15, 0.2) is 23.3 Å². The predicted octanol–water partition coefficient (Wildman–Crippen LogP) is 1.03. The number of likely N-dealkylation sites (tertiary alicyclic amines) is 1. The van der Waals surface area contributed by atoms with Crippen LogP contribution < -0.4 is 49.1 Å². The highest BCUT2D eigenvalue weighted by molar-refractivity contribution is 6.00. The van der Waals surface area contributed by atoms with Crippen molar-refractivity contribution >= 4 is 81.5 Å². The SMILES string of the molecule is CN=C(N)NCCC[C@H](CC(=O)[C@H](CC(C)(C)C)NC(=O)CCC(=O)[C@H](CC1CCCCC1)NC(=O)[C@@H](CC(=O)[C@H](CC(N)=O)NC(=O)[C@@H]1C[C@@H](O)CN1C(=O)[C@@H](Cc1ccc(O)cc1)NC(C)=O)[C@@H](C)O)C(=O)N[C@@H](Cc1c[nH]c2ccccc12)C(N)=O. The maximum atomic E-state index is 14.4. The number of primary amides is 2. The molecule has 1 saturated carbocycles. The van der Waals surface area contributed by atoms with Gasteiger partial charge in [0, 0.05) is 95.0 Å². The number of aromatic amines is 1. The van der Waals surface area contributed by atoms with E-state index < -0.39 is 156 Å². The van der Waals surface area contributed by atoms with Crippen molar-refractivity contribution in [3.63, 3.8) is 0 Å². The lowest BCUT2D eigenvalue weighted by Gasteiger charge is -2.30. The molecule has 2 aliphatic rings. The number of ketones is 3. The number of phenolic OH excluding ortho intramolecular Hbond substituents is 1. The fourth-order valence-corrected chi connectivity index (χ4v) is 11.6. The summed E-state index contributed by atoms with van der Waals surface area (Å²) in [4.78, 5) is 159. The van der Waals surface area contributed by atoms with Gasteiger partial charge >= 0.3 is 0 Å². The Morgan fingerprint density at radius 3 is 2.04 bits per heavy atom. The molecule has 1 aliphatic carbocycles. The molecule has 16 N–H and O–H groups in total. The van der Waals surface area contributed by atoms with Crippen LogP contribution in [0.4, 0.5) is 0 Å². The van der Waals surface area contributed by atoms with Crippen LogP contribution in [0.25, 0.3) is 10.9 Å². The number of H-pyrrole nitrogens is 1. The number of nitrogens with zero attached hydrogens (tertiary/aromatic N) is 2. The minimum Gasteiger partial charge on any atom is -0.508 e. The van der Waals surface area contributed by atoms with E-state index in [-0.39, 0.29) is 69.1 Å². The number of β-amino-alcohol motifs (C(OH)–C–C–N with tert-alkyl or cyclic N) is 1. The van der Waals surface area contributed by atoms with Crippen LogP contribution in [0.2, 0.25) is 0 Å². The van der Waals surface area contributed by atoms with Gasteiger partial charge in [0.25, 0.3) is 0 Å². The van der Waals surface area contributed by atoms with Crippen LogP contribution in [0.3, 0.4) is 0 Å². The number of aliphatic imine (C=N–C) groups is 1. The zero-order chi connectivity index (χ0) is 65.7. The molecule has 89 heavy (non-hydrogen) atoms. The summed E-state index contributed by atoms with van der Waals surface area (Å²) in [5, 5.41) is 48.6. The first-order valence-corrected chi connectivity index (χ1v) is 30.6. The van der Waals surface area contributed by atoms with Crippen molar-refractivity contribution in [3.8, 4) is 5.75 Å². The van der Waals surface area contributed by atoms with Crippen LogP contribution in [0.1, 0.15) is 142 Å². The summed E-state index contributed by atoms with van der Waals surface area (Å²) in [5.74, 6) is -10.5. The topological polar surface area (TPSA) is 430 Å². The monoisotopic (exact) mass is 1240 g/mol. The minimum atomic E-state index is -1.68. The van der Waals surface area contributed by atoms with E-state index in [1.54, 1.807) is 18.3 Å². The Kier molecular flexibility index (Phi) is 27.2. The molecule has 1 saturated heterocycles. The van der Waals surface area contributed by atoms with Gasteiger partial charge in [-0.25, -0.2) is 0 Å². The normalized spacial score (nSPS) is 18.2. The van der Waals surface area contributed by atoms with Crippen LogP contribution in [0, 0.1) is 23.2 Å². The highest BCUT2D eigenvalue weighted by Crippen LogP contribution is 2.30. The van der Waals surface area contributed by atoms with Crippen molar-refractivity contribution < 1.29 is 68.1 Å². The van der Waals surface area contributed by atoms with Crippen molar-refractivity contribution in [3.05, 3.63) is 65.9 Å². The molecule has 10 atom stereocenters. The molecule has 26 nitrogen and oxygen atoms in total. The summed E-state index contributed by atoms with van der Waals surface area (Å²) in [6.45, 7) is 8.04. The smallest absolute Gasteiger partial charge is 0.246 e. The van der Waals surface area contributed by atoms with Crippen LogP contribution >= 0.6 is 0 Å². The van der Waals surface area contributed by atoms with Crippen LogP contribution in [0.15, 0.2) is 59.7 Å². The third kappa shape index (κ3) is 23.0. The third-order valence-electron chi connectivity index (χ3n) is 16.4. The van der Waals surface area contributed by atoms with Gasteiger partial charge in [-0.2, -0.15) is 0 Å². The number of nitrogens with two attached hydrogens (primary N) is 3. The number of aliphatic hydroxyl groups excluding tert-OH is 2. The quantitative estimate of drug-likeness (QED) is 0.0226. The lowest BCUT2D eigenvalue weighted by Crippen LogP contribution is -2.56. The van der Waals surface area contributed by atoms with Crippen molar-refractivity contribution in [2.45, 2.75) is 192 Å². The predicted molar refractivity (Wildman–Crippen MR) is 330 cm³/mol. The van der Waals surface area contributed by atoms with E-state index in [1.165, 1.54) is 33.0 Å². The number of guanidine groups is 1. The van der Waals surface area contributed by atoms with Crippen molar-refractivity contribution in [1.29, 1.82) is 0 Å². The molecule has 0 spiro atoms. The molecule has 1 aromatic heterocycles. The number of para-hydroxylation sites is 1. The Morgan fingerprint density at radius 2 is 1.42 bits per heavy atom. The van der Waals surface area contributed by atoms with Gasteiger partial charge in [0.2, 0.25) is 47.3 Å². The van der Waals surface area contributed by atoms with Crippen molar-refractivity contribution in [1.82, 2.24) is 41.8 Å². The second-order valence-corrected chi connectivity index (χ2v) is 25.0. The van der Waals surface area contributed by atoms with Crippen LogP contribution in [-0.2, 0) is 65.6 Å². The standard InChI is InChI=1S/C63H92N12O14/c1-35(76)44(30-54(82)47(31-55(64)83)73-60(88)51-29-42(79)34-75(51)61(89)49(70-36(2)77)26-38-18-20-41(78)21-19-38)59(87)72-46(25-37-13-8-7-9-14-37)52(80)22-23-56(84)71-50(32-63(3,4)5)53(81)28-39(15-12-24-68-62(66)67-6)58(86)74-48(57(65)85)27-40-33-69-45-17-11-10-16-43(40)45/h10-11,16-21,33,35,37,39,42,44,46-51,69,76,78-79H,7-9,12-15,22-32,34H2,1-6H3,(H2,64,83)(H2,65,85)(H,70,77)(H,71,84)(H,72,87)(H,73,88)(H,74,86)(H3,66,67,68)/t35-,39-,42-,44+,46+,47+,48+,49-,50+,51+/m1/s1. The van der Waals surface area contributed by atoms with E-state index in [0.717, 1.165) is 53.5 Å². The fraction of sp³-hybridized carbons (Fsp3) is 0.587. The molecular formula is C63H92N12O14. The average molecular weight is 1240 g/mol. The molecule has 0 unspecified atom stereocenters. The molecular weight excluding hydrogens is 1150 g/mol. The van der Waals surface area contributed by atoms with Gasteiger partial charge in [-0.05, 0) is 73.3 Å². The fourth-order valence-electron chi connectivity index (χ4n) is 11.6. The number of fused-ring (bicyclic) bond motifs is 1. The number of carbonyl (C=O) groups excluding carboxylic acids is 11. The molecule has 2 fully saturated rings. The molecule has 1 aliphatic heterocycles. The number of rotatable bonds is 34. The number of Topliss-reactive ketones (excluding diaryl/α,β-unsaturated/α-hetero) is 3. The maximum Gasteiger partial charge on any atom is 0.246 e. The van der Waals surface area contributed by atoms with Crippen LogP contribution in [-0.4, -0.2) is 164 Å². The zero-order valence-corrected chi connectivity index (χ0v) is 51.9. The lowest BCUT2D eigenvalue weighted by molar-refractivity contribution is -0.142. The number of aromatic nitrogens is 1. The first-order chi connectivity index (χ1) is 42.0. The minimum absolute atomic E-state index is 0.00544. The number of amides is 8. The van der Waals surface area contributed by atoms with Gasteiger partial charge < -0.3 is 74.3 Å². The van der Waals surface area contributed by atoms with Gasteiger partial charge in [-0.3, -0.25) is 57.7 Å². The largest absolute Gasteiger partial charge is 0.508 e. The van der Waals surface area contributed by atoms with E-state index in [0.29, 0.717) is 18.5 Å². The molecule has 2 aromatic carbocycles. The van der Waals surface area contributed by atoms with Gasteiger partial charge in [0.05, 0.1) is 42.7 Å². The lowest BCUT2D eigenvalue weighted by atomic mass is 9.83. The van der Waals surface area contributed by atoms with E-state index in [4.69, 9.17) is 17.2 Å². The number of hydrogen-bond donors (Lipinski definition) is 13. The summed E-state index contributed by atoms with van der Waals surface area (Å²) in [5.41, 5.74) is 18.8. The summed E-state index contributed by atoms with van der Waals surface area (Å²) in [6, 6.07) is 5.59. The van der Waals surface area contributed by atoms with Crippen molar-refractivity contribution in [2.24, 2.45) is 45.4 Å². The Morgan fingerprint density at radius 1 is 0.753 bits per heavy atom. The van der Waals surface area contributed by atoms with Crippen molar-refractivity contribution in [2.75, 3.05) is 20.1 Å². The molecule has 26 heteroatoms. The van der Waals surface area contributed by atoms with E-state index >= 15 is 0 Å². The van der Waals surface area contributed by atoms with E-state index in [9.17, 15) is 68.1 Å². The van der Waals surface area contributed by atoms with E-state index in [2.05, 4.69) is 41.9 Å². The molecule has 0 radical (unpaired) electrons. The Balaban J connectivity index is 1.28. The number of aromatic hydroxyl groups is 1. The molecule has 0 bridgehead atoms. The third-order valence-corrected chi connectivity index (χ3v) is 16.4. The number of benzene rings is 2. The number of phenols is 1. The summed E-state index contributed by atoms with van der Waals surface area (Å²) >= 11 is 0. The van der Waals surface area contributed by atoms with Gasteiger partial charge in [0.1, 0.15) is 23.9 Å². The molecule has 5 rings (SSSR count). The highest BCUT2D eigenvalue weighted by atomic mass is 16.3. The van der Waals surface area contributed by atoms with E-state index in [1.807, 2.05) is 45.0 Å². The van der Waals surface area contributed by atoms with Crippen LogP contribution in [0.5, 0.6) is 5.75 Å². The highest BCUT2D eigenvalue weighted by Gasteiger charge is 2.43. The summed E-state index contributed by atoms with van der Waals surface area (Å²) in [7, 11) is 1.51. The summed E-state index contributed by atoms with van der Waals surface area (Å²) < 4.78 is 0. The number of hydrogen-bond acceptors (Lipinski definition) is 15. The molecule has 488 valence electrons. The first kappa shape index (κ1) is 71.5. The Bertz CT molecular complexity index is 3010. The Labute approximate surface area is 518 Å². The molecule has 8 amide bonds. The second kappa shape index (κ2) is 33.9. The summed E-state index contributed by atoms with van der Waals surface area (Å²) in [6.07, 6.45) is 1.16. The first-order valence-electron chi connectivity index (χ1n) is 30.6. The van der Waals surface area contributed by atoms with Gasteiger partial charge in [-0.15, -0.1) is 0 Å².